The van der Waals surface area contributed by atoms with Crippen molar-refractivity contribution < 1.29 is 0 Å². The van der Waals surface area contributed by atoms with E-state index in [9.17, 15) is 0 Å². The zero-order chi connectivity index (χ0) is 6.10. The molecular formula is C8H14S. The molecule has 0 spiro atoms. The van der Waals surface area contributed by atoms with Gasteiger partial charge in [0.05, 0.1) is 0 Å². The normalized spacial score (nSPS) is 42.7. The third-order valence-corrected chi connectivity index (χ3v) is 4.06. The quantitative estimate of drug-likeness (QED) is 0.501. The fourth-order valence-corrected chi connectivity index (χ4v) is 3.71. The van der Waals surface area contributed by atoms with Gasteiger partial charge in [0.1, 0.15) is 0 Å². The first-order valence-electron chi connectivity index (χ1n) is 4.04. The van der Waals surface area contributed by atoms with Crippen molar-refractivity contribution in [3.63, 3.8) is 0 Å². The van der Waals surface area contributed by atoms with Crippen LogP contribution in [0, 0.1) is 11.8 Å². The Balaban J connectivity index is 1.97. The van der Waals surface area contributed by atoms with Crippen LogP contribution in [0.3, 0.4) is 0 Å². The van der Waals surface area contributed by atoms with Gasteiger partial charge in [-0.25, -0.2) is 0 Å². The molecule has 1 unspecified atom stereocenters. The van der Waals surface area contributed by atoms with Gasteiger partial charge in [-0.15, -0.1) is 0 Å². The number of fused-ring (bicyclic) bond motifs is 1. The van der Waals surface area contributed by atoms with E-state index >= 15 is 0 Å². The highest BCUT2D eigenvalue weighted by molar-refractivity contribution is 7.99. The second-order valence-electron chi connectivity index (χ2n) is 3.34. The van der Waals surface area contributed by atoms with Crippen LogP contribution in [0.25, 0.3) is 0 Å². The Kier molecular flexibility index (Phi) is 1.71. The molecule has 2 aliphatic rings. The first-order chi connectivity index (χ1) is 4.47. The average Bonchev–Trinajstić information content (AvgIpc) is 2.33. The molecule has 2 rings (SSSR count). The lowest BCUT2D eigenvalue weighted by molar-refractivity contribution is 0.299. The molecule has 2 fully saturated rings. The third kappa shape index (κ3) is 1.12. The van der Waals surface area contributed by atoms with E-state index in [0.29, 0.717) is 0 Å². The molecule has 0 aromatic heterocycles. The zero-order valence-electron chi connectivity index (χ0n) is 5.81. The highest BCUT2D eigenvalue weighted by Gasteiger charge is 2.29. The lowest BCUT2D eigenvalue weighted by atomic mass is 9.82. The molecule has 0 radical (unpaired) electrons. The molecule has 1 heterocycles. The van der Waals surface area contributed by atoms with Crippen LogP contribution in [0.4, 0.5) is 0 Å². The fraction of sp³-hybridized carbons (Fsp3) is 1.00. The highest BCUT2D eigenvalue weighted by Crippen LogP contribution is 2.39. The van der Waals surface area contributed by atoms with E-state index in [1.165, 1.54) is 37.2 Å². The van der Waals surface area contributed by atoms with Crippen LogP contribution in [0.5, 0.6) is 0 Å². The molecule has 1 heteroatoms. The molecule has 0 aromatic rings. The van der Waals surface area contributed by atoms with Crippen molar-refractivity contribution in [1.82, 2.24) is 0 Å². The summed E-state index contributed by atoms with van der Waals surface area (Å²) < 4.78 is 0. The van der Waals surface area contributed by atoms with Gasteiger partial charge in [-0.3, -0.25) is 0 Å². The predicted molar refractivity (Wildman–Crippen MR) is 42.8 cm³/mol. The summed E-state index contributed by atoms with van der Waals surface area (Å²) in [5.74, 6) is 5.21. The topological polar surface area (TPSA) is 0 Å². The van der Waals surface area contributed by atoms with Crippen molar-refractivity contribution in [3.8, 4) is 0 Å². The third-order valence-electron chi connectivity index (χ3n) is 2.73. The zero-order valence-corrected chi connectivity index (χ0v) is 6.62. The standard InChI is InChI=1S/C8H14S/c1-2-4-8-6-9-5-7(8)3-1/h7-8H,1-6H2/t7-,8?/m1/s1. The van der Waals surface area contributed by atoms with Crippen LogP contribution in [0.1, 0.15) is 25.7 Å². The van der Waals surface area contributed by atoms with Crippen LogP contribution in [-0.4, -0.2) is 11.5 Å². The number of hydrogen-bond donors (Lipinski definition) is 0. The van der Waals surface area contributed by atoms with Gasteiger partial charge in [-0.05, 0) is 36.2 Å². The monoisotopic (exact) mass is 142 g/mol. The second-order valence-corrected chi connectivity index (χ2v) is 4.42. The van der Waals surface area contributed by atoms with Crippen molar-refractivity contribution in [1.29, 1.82) is 0 Å². The minimum absolute atomic E-state index is 1.13. The van der Waals surface area contributed by atoms with E-state index in [0.717, 1.165) is 11.8 Å². The maximum absolute atomic E-state index is 2.18. The largest absolute Gasteiger partial charge is 0.161 e. The van der Waals surface area contributed by atoms with Gasteiger partial charge < -0.3 is 0 Å². The number of thioether (sulfide) groups is 1. The van der Waals surface area contributed by atoms with Crippen molar-refractivity contribution in [2.24, 2.45) is 11.8 Å². The van der Waals surface area contributed by atoms with E-state index < -0.39 is 0 Å². The average molecular weight is 142 g/mol. The van der Waals surface area contributed by atoms with E-state index in [1.54, 1.807) is 0 Å². The molecule has 0 aromatic carbocycles. The van der Waals surface area contributed by atoms with Crippen molar-refractivity contribution in [2.45, 2.75) is 25.7 Å². The lowest BCUT2D eigenvalue weighted by Gasteiger charge is -2.23. The van der Waals surface area contributed by atoms with E-state index in [4.69, 9.17) is 0 Å². The summed E-state index contributed by atoms with van der Waals surface area (Å²) in [7, 11) is 0. The minimum Gasteiger partial charge on any atom is -0.161 e. The van der Waals surface area contributed by atoms with Crippen molar-refractivity contribution >= 4 is 11.8 Å². The molecule has 1 aliphatic carbocycles. The Hall–Kier alpha value is 0.350. The van der Waals surface area contributed by atoms with Crippen molar-refractivity contribution in [3.05, 3.63) is 0 Å². The summed E-state index contributed by atoms with van der Waals surface area (Å²) >= 11 is 2.18. The highest BCUT2D eigenvalue weighted by atomic mass is 32.2. The Bertz CT molecular complexity index is 88.7. The molecule has 1 saturated carbocycles. The molecule has 0 nitrogen and oxygen atoms in total. The van der Waals surface area contributed by atoms with Gasteiger partial charge in [-0.1, -0.05) is 12.8 Å². The second kappa shape index (κ2) is 2.53. The molecule has 1 saturated heterocycles. The van der Waals surface area contributed by atoms with Gasteiger partial charge in [0.15, 0.2) is 0 Å². The summed E-state index contributed by atoms with van der Waals surface area (Å²) in [5.41, 5.74) is 0. The van der Waals surface area contributed by atoms with Crippen LogP contribution in [0.2, 0.25) is 0 Å². The first-order valence-corrected chi connectivity index (χ1v) is 5.20. The first kappa shape index (κ1) is 6.09. The van der Waals surface area contributed by atoms with Gasteiger partial charge in [-0.2, -0.15) is 11.8 Å². The van der Waals surface area contributed by atoms with Gasteiger partial charge in [0.25, 0.3) is 0 Å². The van der Waals surface area contributed by atoms with Gasteiger partial charge in [0, 0.05) is 0 Å². The Morgan fingerprint density at radius 2 is 1.44 bits per heavy atom. The van der Waals surface area contributed by atoms with Crippen molar-refractivity contribution in [2.75, 3.05) is 11.5 Å². The summed E-state index contributed by atoms with van der Waals surface area (Å²) in [6.45, 7) is 0. The molecule has 0 bridgehead atoms. The number of hydrogen-bond acceptors (Lipinski definition) is 1. The van der Waals surface area contributed by atoms with E-state index in [-0.39, 0.29) is 0 Å². The van der Waals surface area contributed by atoms with E-state index in [2.05, 4.69) is 11.8 Å². The molecule has 1 aliphatic heterocycles. The molecule has 2 atom stereocenters. The van der Waals surface area contributed by atoms with E-state index in [1.807, 2.05) is 0 Å². The number of rotatable bonds is 0. The Labute approximate surface area is 61.4 Å². The maximum atomic E-state index is 2.18. The van der Waals surface area contributed by atoms with Crippen LogP contribution in [-0.2, 0) is 0 Å². The molecule has 52 valence electrons. The predicted octanol–water partition coefficient (Wildman–Crippen LogP) is 2.54. The molecular weight excluding hydrogens is 128 g/mol. The summed E-state index contributed by atoms with van der Waals surface area (Å²) in [4.78, 5) is 0. The maximum Gasteiger partial charge on any atom is -0.00361 e. The summed E-state index contributed by atoms with van der Waals surface area (Å²) in [6.07, 6.45) is 6.11. The molecule has 9 heavy (non-hydrogen) atoms. The minimum atomic E-state index is 1.13. The Morgan fingerprint density at radius 1 is 0.889 bits per heavy atom. The van der Waals surface area contributed by atoms with Crippen LogP contribution >= 0.6 is 11.8 Å². The van der Waals surface area contributed by atoms with Gasteiger partial charge >= 0.3 is 0 Å². The van der Waals surface area contributed by atoms with Crippen LogP contribution in [0.15, 0.2) is 0 Å². The SMILES string of the molecule is C1CC[C@@H]2CSCC2C1. The summed E-state index contributed by atoms with van der Waals surface area (Å²) in [6, 6.07) is 0. The molecule has 0 amide bonds. The van der Waals surface area contributed by atoms with Crippen LogP contribution < -0.4 is 0 Å². The van der Waals surface area contributed by atoms with Gasteiger partial charge in [0.2, 0.25) is 0 Å². The lowest BCUT2D eigenvalue weighted by Crippen LogP contribution is -2.16. The Morgan fingerprint density at radius 3 is 2.00 bits per heavy atom. The summed E-state index contributed by atoms with van der Waals surface area (Å²) in [5, 5.41) is 0. The fourth-order valence-electron chi connectivity index (χ4n) is 2.09. The molecule has 0 N–H and O–H groups in total. The smallest absolute Gasteiger partial charge is 0.00361 e.